The fourth-order valence-corrected chi connectivity index (χ4v) is 3.85. The van der Waals surface area contributed by atoms with Gasteiger partial charge in [-0.2, -0.15) is 0 Å². The molecule has 0 aromatic heterocycles. The SMILES string of the molecule is COC(=O)C1=CCC(C)N1S(=O)(=O)c1ccc(C)cc1. The Morgan fingerprint density at radius 3 is 2.45 bits per heavy atom. The van der Waals surface area contributed by atoms with Crippen molar-refractivity contribution in [2.45, 2.75) is 31.2 Å². The Hall–Kier alpha value is -1.82. The summed E-state index contributed by atoms with van der Waals surface area (Å²) in [6.45, 7) is 3.65. The lowest BCUT2D eigenvalue weighted by molar-refractivity contribution is -0.137. The van der Waals surface area contributed by atoms with Gasteiger partial charge in [-0.3, -0.25) is 4.31 Å². The van der Waals surface area contributed by atoms with Gasteiger partial charge in [0.2, 0.25) is 0 Å². The molecule has 0 N–H and O–H groups in total. The van der Waals surface area contributed by atoms with E-state index in [9.17, 15) is 13.2 Å². The van der Waals surface area contributed by atoms with Crippen molar-refractivity contribution in [3.05, 3.63) is 41.6 Å². The monoisotopic (exact) mass is 295 g/mol. The average molecular weight is 295 g/mol. The van der Waals surface area contributed by atoms with Crippen LogP contribution in [-0.2, 0) is 19.6 Å². The van der Waals surface area contributed by atoms with Crippen molar-refractivity contribution in [2.75, 3.05) is 7.11 Å². The number of carbonyl (C=O) groups excluding carboxylic acids is 1. The maximum atomic E-state index is 12.7. The van der Waals surface area contributed by atoms with Crippen LogP contribution in [0.15, 0.2) is 40.9 Å². The molecule has 5 nitrogen and oxygen atoms in total. The van der Waals surface area contributed by atoms with Crippen molar-refractivity contribution in [2.24, 2.45) is 0 Å². The first kappa shape index (κ1) is 14.6. The van der Waals surface area contributed by atoms with Crippen LogP contribution in [0.4, 0.5) is 0 Å². The highest BCUT2D eigenvalue weighted by molar-refractivity contribution is 7.89. The van der Waals surface area contributed by atoms with Crippen LogP contribution < -0.4 is 0 Å². The molecular weight excluding hydrogens is 278 g/mol. The summed E-state index contributed by atoms with van der Waals surface area (Å²) in [6, 6.07) is 6.26. The van der Waals surface area contributed by atoms with Gasteiger partial charge in [0, 0.05) is 6.04 Å². The summed E-state index contributed by atoms with van der Waals surface area (Å²) in [6.07, 6.45) is 2.10. The van der Waals surface area contributed by atoms with E-state index in [-0.39, 0.29) is 16.6 Å². The van der Waals surface area contributed by atoms with Crippen LogP contribution in [-0.4, -0.2) is 31.8 Å². The van der Waals surface area contributed by atoms with Gasteiger partial charge in [-0.1, -0.05) is 23.8 Å². The maximum absolute atomic E-state index is 12.7. The van der Waals surface area contributed by atoms with E-state index in [4.69, 9.17) is 0 Å². The minimum atomic E-state index is -3.74. The van der Waals surface area contributed by atoms with Crippen LogP contribution in [0.3, 0.4) is 0 Å². The highest BCUT2D eigenvalue weighted by Gasteiger charge is 2.37. The van der Waals surface area contributed by atoms with Gasteiger partial charge in [-0.05, 0) is 32.4 Å². The molecule has 1 atom stereocenters. The number of ether oxygens (including phenoxy) is 1. The van der Waals surface area contributed by atoms with Crippen LogP contribution in [0.5, 0.6) is 0 Å². The molecule has 6 heteroatoms. The second kappa shape index (κ2) is 5.28. The first-order valence-electron chi connectivity index (χ1n) is 6.27. The maximum Gasteiger partial charge on any atom is 0.355 e. The number of benzene rings is 1. The van der Waals surface area contributed by atoms with Crippen LogP contribution in [0.1, 0.15) is 18.9 Å². The van der Waals surface area contributed by atoms with Crippen LogP contribution in [0.25, 0.3) is 0 Å². The molecule has 0 saturated carbocycles. The minimum absolute atomic E-state index is 0.0839. The molecule has 108 valence electrons. The Bertz CT molecular complexity index is 646. The van der Waals surface area contributed by atoms with E-state index in [0.717, 1.165) is 9.87 Å². The van der Waals surface area contributed by atoms with Crippen molar-refractivity contribution in [1.29, 1.82) is 0 Å². The number of rotatable bonds is 3. The highest BCUT2D eigenvalue weighted by Crippen LogP contribution is 2.30. The van der Waals surface area contributed by atoms with Crippen molar-refractivity contribution >= 4 is 16.0 Å². The molecule has 0 fully saturated rings. The van der Waals surface area contributed by atoms with Crippen molar-refractivity contribution in [1.82, 2.24) is 4.31 Å². The number of aryl methyl sites for hydroxylation is 1. The lowest BCUT2D eigenvalue weighted by Gasteiger charge is -2.25. The zero-order valence-corrected chi connectivity index (χ0v) is 12.5. The third-order valence-corrected chi connectivity index (χ3v) is 5.20. The lowest BCUT2D eigenvalue weighted by atomic mass is 10.2. The summed E-state index contributed by atoms with van der Waals surface area (Å²) < 4.78 is 31.1. The molecule has 0 amide bonds. The van der Waals surface area contributed by atoms with E-state index < -0.39 is 16.0 Å². The summed E-state index contributed by atoms with van der Waals surface area (Å²) in [5.41, 5.74) is 1.06. The van der Waals surface area contributed by atoms with Gasteiger partial charge in [0.05, 0.1) is 12.0 Å². The van der Waals surface area contributed by atoms with E-state index in [1.54, 1.807) is 37.3 Å². The average Bonchev–Trinajstić information content (AvgIpc) is 2.81. The van der Waals surface area contributed by atoms with Crippen molar-refractivity contribution < 1.29 is 17.9 Å². The molecule has 0 bridgehead atoms. The van der Waals surface area contributed by atoms with Crippen LogP contribution >= 0.6 is 0 Å². The quantitative estimate of drug-likeness (QED) is 0.798. The largest absolute Gasteiger partial charge is 0.464 e. The number of hydrogen-bond acceptors (Lipinski definition) is 4. The van der Waals surface area contributed by atoms with E-state index in [2.05, 4.69) is 4.74 Å². The molecule has 0 spiro atoms. The molecule has 1 aliphatic heterocycles. The van der Waals surface area contributed by atoms with Gasteiger partial charge < -0.3 is 4.74 Å². The summed E-state index contributed by atoms with van der Waals surface area (Å²) in [7, 11) is -2.51. The smallest absolute Gasteiger partial charge is 0.355 e. The number of nitrogens with zero attached hydrogens (tertiary/aromatic N) is 1. The minimum Gasteiger partial charge on any atom is -0.464 e. The van der Waals surface area contributed by atoms with E-state index in [1.807, 2.05) is 6.92 Å². The van der Waals surface area contributed by atoms with E-state index in [0.29, 0.717) is 6.42 Å². The van der Waals surface area contributed by atoms with Gasteiger partial charge in [-0.15, -0.1) is 0 Å². The van der Waals surface area contributed by atoms with Gasteiger partial charge in [0.15, 0.2) is 0 Å². The van der Waals surface area contributed by atoms with Crippen LogP contribution in [0, 0.1) is 6.92 Å². The Morgan fingerprint density at radius 2 is 1.90 bits per heavy atom. The lowest BCUT2D eigenvalue weighted by Crippen LogP contribution is -2.36. The first-order chi connectivity index (χ1) is 9.37. The van der Waals surface area contributed by atoms with Crippen molar-refractivity contribution in [3.63, 3.8) is 0 Å². The number of sulfonamides is 1. The fraction of sp³-hybridized carbons (Fsp3) is 0.357. The molecule has 1 aromatic carbocycles. The zero-order chi connectivity index (χ0) is 14.9. The van der Waals surface area contributed by atoms with Crippen LogP contribution in [0.2, 0.25) is 0 Å². The molecule has 0 saturated heterocycles. The molecule has 1 aliphatic rings. The normalized spacial score (nSPS) is 18.9. The predicted octanol–water partition coefficient (Wildman–Crippen LogP) is 1.83. The topological polar surface area (TPSA) is 63.7 Å². The molecular formula is C14H17NO4S. The fourth-order valence-electron chi connectivity index (χ4n) is 2.17. The predicted molar refractivity (Wildman–Crippen MR) is 74.4 cm³/mol. The molecule has 0 aliphatic carbocycles. The third-order valence-electron chi connectivity index (χ3n) is 3.26. The molecule has 1 heterocycles. The number of esters is 1. The second-order valence-electron chi connectivity index (χ2n) is 4.78. The number of carbonyl (C=O) groups is 1. The molecule has 1 unspecified atom stereocenters. The van der Waals surface area contributed by atoms with Gasteiger partial charge in [-0.25, -0.2) is 13.2 Å². The summed E-state index contributed by atoms with van der Waals surface area (Å²) in [4.78, 5) is 11.9. The summed E-state index contributed by atoms with van der Waals surface area (Å²) in [5.74, 6) is -0.634. The third kappa shape index (κ3) is 2.43. The molecule has 1 aromatic rings. The van der Waals surface area contributed by atoms with E-state index >= 15 is 0 Å². The highest BCUT2D eigenvalue weighted by atomic mass is 32.2. The zero-order valence-electron chi connectivity index (χ0n) is 11.7. The molecule has 20 heavy (non-hydrogen) atoms. The molecule has 2 rings (SSSR count). The second-order valence-corrected chi connectivity index (χ2v) is 6.59. The van der Waals surface area contributed by atoms with Gasteiger partial charge >= 0.3 is 5.97 Å². The molecule has 0 radical (unpaired) electrons. The van der Waals surface area contributed by atoms with E-state index in [1.165, 1.54) is 7.11 Å². The summed E-state index contributed by atoms with van der Waals surface area (Å²) in [5, 5.41) is 0. The Morgan fingerprint density at radius 1 is 1.30 bits per heavy atom. The Labute approximate surface area is 118 Å². The first-order valence-corrected chi connectivity index (χ1v) is 7.71. The Balaban J connectivity index is 2.44. The van der Waals surface area contributed by atoms with Crippen molar-refractivity contribution in [3.8, 4) is 0 Å². The number of hydrogen-bond donors (Lipinski definition) is 0. The van der Waals surface area contributed by atoms with Gasteiger partial charge in [0.1, 0.15) is 5.70 Å². The number of methoxy groups -OCH3 is 1. The standard InChI is InChI=1S/C14H17NO4S/c1-10-4-7-12(8-5-10)20(17,18)15-11(2)6-9-13(15)14(16)19-3/h4-5,7-9,11H,6H2,1-3H3. The Kier molecular flexibility index (Phi) is 3.85. The van der Waals surface area contributed by atoms with Gasteiger partial charge in [0.25, 0.3) is 10.0 Å². The summed E-state index contributed by atoms with van der Waals surface area (Å²) >= 11 is 0.